The van der Waals surface area contributed by atoms with Crippen LogP contribution in [-0.4, -0.2) is 38.1 Å². The van der Waals surface area contributed by atoms with Gasteiger partial charge in [0.1, 0.15) is 13.2 Å². The minimum Gasteiger partial charge on any atom is -0.486 e. The van der Waals surface area contributed by atoms with Crippen molar-refractivity contribution < 1.29 is 19.1 Å². The number of fused-ring (bicyclic) bond motifs is 1. The Hall–Kier alpha value is -1.95. The van der Waals surface area contributed by atoms with Crippen LogP contribution in [0.5, 0.6) is 11.5 Å². The zero-order valence-corrected chi connectivity index (χ0v) is 15.0. The van der Waals surface area contributed by atoms with Crippen LogP contribution in [0, 0.1) is 5.41 Å². The topological polar surface area (TPSA) is 76.7 Å². The second kappa shape index (κ2) is 7.75. The molecule has 7 heteroatoms. The molecular formula is C17H23ClN2O4. The van der Waals surface area contributed by atoms with E-state index in [0.717, 1.165) is 5.56 Å². The average molecular weight is 355 g/mol. The number of hydrogen-bond donors (Lipinski definition) is 2. The molecule has 1 aromatic rings. The van der Waals surface area contributed by atoms with Crippen molar-refractivity contribution in [3.63, 3.8) is 0 Å². The SMILES string of the molecule is CC(C)(C)C(=O)NCC(=O)NCCc1cc(Cl)c2c(c1)OCCO2. The van der Waals surface area contributed by atoms with Gasteiger partial charge in [0.2, 0.25) is 11.8 Å². The van der Waals surface area contributed by atoms with Gasteiger partial charge in [0, 0.05) is 12.0 Å². The Morgan fingerprint density at radius 2 is 1.88 bits per heavy atom. The van der Waals surface area contributed by atoms with Crippen LogP contribution in [-0.2, 0) is 16.0 Å². The molecule has 0 unspecified atom stereocenters. The highest BCUT2D eigenvalue weighted by Crippen LogP contribution is 2.38. The Balaban J connectivity index is 1.79. The maximum absolute atomic E-state index is 11.8. The van der Waals surface area contributed by atoms with Crippen molar-refractivity contribution in [2.24, 2.45) is 5.41 Å². The third-order valence-corrected chi connectivity index (χ3v) is 3.76. The monoisotopic (exact) mass is 354 g/mol. The zero-order valence-electron chi connectivity index (χ0n) is 14.2. The van der Waals surface area contributed by atoms with E-state index >= 15 is 0 Å². The van der Waals surface area contributed by atoms with Crippen LogP contribution in [0.25, 0.3) is 0 Å². The second-order valence-electron chi connectivity index (χ2n) is 6.63. The Labute approximate surface area is 146 Å². The molecule has 0 saturated heterocycles. The van der Waals surface area contributed by atoms with Crippen LogP contribution >= 0.6 is 11.6 Å². The predicted octanol–water partition coefficient (Wildman–Crippen LogP) is 1.93. The van der Waals surface area contributed by atoms with E-state index in [9.17, 15) is 9.59 Å². The molecule has 0 radical (unpaired) electrons. The van der Waals surface area contributed by atoms with Crippen molar-refractivity contribution in [3.05, 3.63) is 22.7 Å². The van der Waals surface area contributed by atoms with Crippen molar-refractivity contribution in [2.75, 3.05) is 26.3 Å². The zero-order chi connectivity index (χ0) is 17.7. The third kappa shape index (κ3) is 5.03. The van der Waals surface area contributed by atoms with Gasteiger partial charge in [-0.25, -0.2) is 0 Å². The lowest BCUT2D eigenvalue weighted by atomic mass is 9.96. The first-order chi connectivity index (χ1) is 11.3. The highest BCUT2D eigenvalue weighted by atomic mass is 35.5. The maximum atomic E-state index is 11.8. The fraction of sp³-hybridized carbons (Fsp3) is 0.529. The van der Waals surface area contributed by atoms with Gasteiger partial charge < -0.3 is 20.1 Å². The number of rotatable bonds is 5. The number of benzene rings is 1. The number of hydrogen-bond acceptors (Lipinski definition) is 4. The lowest BCUT2D eigenvalue weighted by Crippen LogP contribution is -2.42. The number of carbonyl (C=O) groups is 2. The first-order valence-electron chi connectivity index (χ1n) is 7.90. The number of halogens is 1. The molecule has 24 heavy (non-hydrogen) atoms. The summed E-state index contributed by atoms with van der Waals surface area (Å²) >= 11 is 6.18. The molecule has 1 aromatic carbocycles. The summed E-state index contributed by atoms with van der Waals surface area (Å²) in [4.78, 5) is 23.5. The van der Waals surface area contributed by atoms with Gasteiger partial charge in [0.05, 0.1) is 11.6 Å². The number of ether oxygens (including phenoxy) is 2. The molecule has 1 heterocycles. The Morgan fingerprint density at radius 1 is 1.17 bits per heavy atom. The highest BCUT2D eigenvalue weighted by Gasteiger charge is 2.21. The second-order valence-corrected chi connectivity index (χ2v) is 7.04. The minimum absolute atomic E-state index is 0.0298. The quantitative estimate of drug-likeness (QED) is 0.847. The van der Waals surface area contributed by atoms with E-state index in [1.165, 1.54) is 0 Å². The summed E-state index contributed by atoms with van der Waals surface area (Å²) in [7, 11) is 0. The van der Waals surface area contributed by atoms with Crippen molar-refractivity contribution >= 4 is 23.4 Å². The third-order valence-electron chi connectivity index (χ3n) is 3.48. The van der Waals surface area contributed by atoms with E-state index in [-0.39, 0.29) is 18.4 Å². The molecule has 0 aliphatic carbocycles. The molecule has 2 rings (SSSR count). The van der Waals surface area contributed by atoms with E-state index < -0.39 is 5.41 Å². The molecule has 2 amide bonds. The fourth-order valence-corrected chi connectivity index (χ4v) is 2.43. The van der Waals surface area contributed by atoms with Gasteiger partial charge in [-0.15, -0.1) is 0 Å². The fourth-order valence-electron chi connectivity index (χ4n) is 2.14. The summed E-state index contributed by atoms with van der Waals surface area (Å²) in [5, 5.41) is 5.89. The first-order valence-corrected chi connectivity index (χ1v) is 8.28. The number of nitrogens with one attached hydrogen (secondary N) is 2. The largest absolute Gasteiger partial charge is 0.486 e. The van der Waals surface area contributed by atoms with E-state index in [1.807, 2.05) is 12.1 Å². The summed E-state index contributed by atoms with van der Waals surface area (Å²) < 4.78 is 11.0. The smallest absolute Gasteiger partial charge is 0.239 e. The van der Waals surface area contributed by atoms with Crippen molar-refractivity contribution in [2.45, 2.75) is 27.2 Å². The molecule has 0 spiro atoms. The molecule has 0 saturated carbocycles. The molecule has 0 atom stereocenters. The van der Waals surface area contributed by atoms with Gasteiger partial charge in [0.15, 0.2) is 11.5 Å². The number of carbonyl (C=O) groups excluding carboxylic acids is 2. The molecule has 1 aliphatic heterocycles. The highest BCUT2D eigenvalue weighted by molar-refractivity contribution is 6.32. The van der Waals surface area contributed by atoms with E-state index in [1.54, 1.807) is 20.8 Å². The van der Waals surface area contributed by atoms with Crippen LogP contribution in [0.3, 0.4) is 0 Å². The van der Waals surface area contributed by atoms with Crippen LogP contribution in [0.1, 0.15) is 26.3 Å². The molecule has 132 valence electrons. The lowest BCUT2D eigenvalue weighted by molar-refractivity contribution is -0.131. The van der Waals surface area contributed by atoms with Gasteiger partial charge in [-0.1, -0.05) is 32.4 Å². The van der Waals surface area contributed by atoms with E-state index in [4.69, 9.17) is 21.1 Å². The molecule has 0 fully saturated rings. The van der Waals surface area contributed by atoms with Gasteiger partial charge in [-0.2, -0.15) is 0 Å². The average Bonchev–Trinajstić information content (AvgIpc) is 2.51. The maximum Gasteiger partial charge on any atom is 0.239 e. The van der Waals surface area contributed by atoms with Crippen molar-refractivity contribution in [1.29, 1.82) is 0 Å². The van der Waals surface area contributed by atoms with Gasteiger partial charge in [-0.05, 0) is 24.1 Å². The summed E-state index contributed by atoms with van der Waals surface area (Å²) in [6.45, 7) is 6.79. The standard InChI is InChI=1S/C17H23ClN2O4/c1-17(2,3)16(22)20-10-14(21)19-5-4-11-8-12(18)15-13(9-11)23-6-7-24-15/h8-9H,4-7,10H2,1-3H3,(H,19,21)(H,20,22). The Bertz CT molecular complexity index is 626. The number of amides is 2. The van der Waals surface area contributed by atoms with Crippen LogP contribution < -0.4 is 20.1 Å². The van der Waals surface area contributed by atoms with E-state index in [2.05, 4.69) is 10.6 Å². The van der Waals surface area contributed by atoms with Crippen LogP contribution in [0.15, 0.2) is 12.1 Å². The van der Waals surface area contributed by atoms with Crippen molar-refractivity contribution in [3.8, 4) is 11.5 Å². The minimum atomic E-state index is -0.512. The molecule has 0 aromatic heterocycles. The van der Waals surface area contributed by atoms with Gasteiger partial charge >= 0.3 is 0 Å². The lowest BCUT2D eigenvalue weighted by Gasteiger charge is -2.20. The first kappa shape index (κ1) is 18.4. The van der Waals surface area contributed by atoms with Crippen LogP contribution in [0.2, 0.25) is 5.02 Å². The van der Waals surface area contributed by atoms with Gasteiger partial charge in [0.25, 0.3) is 0 Å². The predicted molar refractivity (Wildman–Crippen MR) is 91.6 cm³/mol. The summed E-state index contributed by atoms with van der Waals surface area (Å²) in [6.07, 6.45) is 0.606. The Morgan fingerprint density at radius 3 is 2.58 bits per heavy atom. The summed E-state index contributed by atoms with van der Waals surface area (Å²) in [6, 6.07) is 3.68. The molecular weight excluding hydrogens is 332 g/mol. The molecule has 1 aliphatic rings. The molecule has 6 nitrogen and oxygen atoms in total. The van der Waals surface area contributed by atoms with Crippen molar-refractivity contribution in [1.82, 2.24) is 10.6 Å². The molecule has 0 bridgehead atoms. The normalized spacial score (nSPS) is 13.3. The van der Waals surface area contributed by atoms with Gasteiger partial charge in [-0.3, -0.25) is 9.59 Å². The molecule has 2 N–H and O–H groups in total. The van der Waals surface area contributed by atoms with E-state index in [0.29, 0.717) is 42.7 Å². The Kier molecular flexibility index (Phi) is 5.94. The van der Waals surface area contributed by atoms with Crippen LogP contribution in [0.4, 0.5) is 0 Å². The summed E-state index contributed by atoms with van der Waals surface area (Å²) in [5.41, 5.74) is 0.436. The summed E-state index contributed by atoms with van der Waals surface area (Å²) in [5.74, 6) is 0.820.